The van der Waals surface area contributed by atoms with Crippen LogP contribution in [0.4, 0.5) is 0 Å². The first-order valence-corrected chi connectivity index (χ1v) is 7.20. The highest BCUT2D eigenvalue weighted by molar-refractivity contribution is 14.1. The van der Waals surface area contributed by atoms with Crippen molar-refractivity contribution >= 4 is 40.0 Å². The Morgan fingerprint density at radius 3 is 2.55 bits per heavy atom. The van der Waals surface area contributed by atoms with Crippen molar-refractivity contribution in [2.45, 2.75) is 6.61 Å². The summed E-state index contributed by atoms with van der Waals surface area (Å²) in [5.74, 6) is 0.566. The minimum atomic E-state index is 0.0103. The van der Waals surface area contributed by atoms with Crippen LogP contribution in [0.25, 0.3) is 0 Å². The fourth-order valence-electron chi connectivity index (χ4n) is 1.58. The van der Waals surface area contributed by atoms with Crippen LogP contribution in [0.5, 0.6) is 5.75 Å². The maximum Gasteiger partial charge on any atom is 0.170 e. The second kappa shape index (κ2) is 6.81. The molecule has 0 aliphatic rings. The van der Waals surface area contributed by atoms with Crippen molar-refractivity contribution in [3.8, 4) is 5.75 Å². The summed E-state index contributed by atoms with van der Waals surface area (Å²) in [7, 11) is 0. The number of nitrogens with two attached hydrogens (primary N) is 1. The number of amidine groups is 1. The Hall–Kier alpha value is -1.47. The van der Waals surface area contributed by atoms with E-state index in [2.05, 4.69) is 27.7 Å². The van der Waals surface area contributed by atoms with E-state index >= 15 is 0 Å². The second-order valence-electron chi connectivity index (χ2n) is 4.05. The maximum absolute atomic E-state index is 8.61. The molecular formula is C14H12ClIN2O2. The Balaban J connectivity index is 2.08. The van der Waals surface area contributed by atoms with E-state index in [-0.39, 0.29) is 5.84 Å². The minimum Gasteiger partial charge on any atom is -0.487 e. The topological polar surface area (TPSA) is 67.8 Å². The molecule has 6 heteroatoms. The first-order chi connectivity index (χ1) is 9.60. The first kappa shape index (κ1) is 14.9. The molecule has 0 saturated carbocycles. The van der Waals surface area contributed by atoms with Gasteiger partial charge in [0.2, 0.25) is 0 Å². The van der Waals surface area contributed by atoms with E-state index in [1.54, 1.807) is 18.2 Å². The highest BCUT2D eigenvalue weighted by Gasteiger charge is 2.06. The largest absolute Gasteiger partial charge is 0.487 e. The Morgan fingerprint density at radius 2 is 1.95 bits per heavy atom. The van der Waals surface area contributed by atoms with Gasteiger partial charge in [0.05, 0.1) is 5.02 Å². The predicted molar refractivity (Wildman–Crippen MR) is 87.5 cm³/mol. The molecule has 4 nitrogen and oxygen atoms in total. The number of nitrogens with zero attached hydrogens (tertiary/aromatic N) is 1. The monoisotopic (exact) mass is 402 g/mol. The fourth-order valence-corrected chi connectivity index (χ4v) is 2.17. The number of rotatable bonds is 4. The van der Waals surface area contributed by atoms with Gasteiger partial charge in [0.15, 0.2) is 5.84 Å². The van der Waals surface area contributed by atoms with Crippen LogP contribution in [0.1, 0.15) is 11.1 Å². The van der Waals surface area contributed by atoms with Crippen molar-refractivity contribution in [3.63, 3.8) is 0 Å². The Labute approximate surface area is 135 Å². The molecule has 20 heavy (non-hydrogen) atoms. The minimum absolute atomic E-state index is 0.0103. The van der Waals surface area contributed by atoms with Gasteiger partial charge in [-0.05, 0) is 58.5 Å². The van der Waals surface area contributed by atoms with E-state index in [1.165, 1.54) is 3.57 Å². The third-order valence-corrected chi connectivity index (χ3v) is 3.66. The zero-order chi connectivity index (χ0) is 14.5. The first-order valence-electron chi connectivity index (χ1n) is 5.75. The fraction of sp³-hybridized carbons (Fsp3) is 0.0714. The van der Waals surface area contributed by atoms with Gasteiger partial charge in [-0.2, -0.15) is 0 Å². The molecule has 0 aromatic heterocycles. The molecule has 104 valence electrons. The molecule has 2 aromatic carbocycles. The van der Waals surface area contributed by atoms with Crippen LogP contribution < -0.4 is 10.5 Å². The number of ether oxygens (including phenoxy) is 1. The van der Waals surface area contributed by atoms with Gasteiger partial charge in [-0.15, -0.1) is 0 Å². The molecule has 0 heterocycles. The van der Waals surface area contributed by atoms with E-state index in [9.17, 15) is 0 Å². The van der Waals surface area contributed by atoms with Gasteiger partial charge < -0.3 is 15.7 Å². The standard InChI is InChI=1S/C14H12ClIN2O2/c15-12-7-10(14(17)18-19)3-6-13(12)20-8-9-1-4-11(16)5-2-9/h1-7,19H,8H2,(H2,17,18). The van der Waals surface area contributed by atoms with Gasteiger partial charge >= 0.3 is 0 Å². The summed E-state index contributed by atoms with van der Waals surface area (Å²) >= 11 is 8.35. The van der Waals surface area contributed by atoms with Crippen LogP contribution in [0, 0.1) is 3.57 Å². The van der Waals surface area contributed by atoms with Crippen LogP contribution in [-0.2, 0) is 6.61 Å². The normalized spacial score (nSPS) is 11.4. The highest BCUT2D eigenvalue weighted by Crippen LogP contribution is 2.26. The summed E-state index contributed by atoms with van der Waals surface area (Å²) in [6.07, 6.45) is 0. The lowest BCUT2D eigenvalue weighted by atomic mass is 10.2. The molecule has 0 saturated heterocycles. The van der Waals surface area contributed by atoms with Gasteiger partial charge in [0.1, 0.15) is 12.4 Å². The summed E-state index contributed by atoms with van der Waals surface area (Å²) in [5.41, 5.74) is 7.09. The molecule has 2 rings (SSSR count). The molecule has 0 aliphatic heterocycles. The van der Waals surface area contributed by atoms with Gasteiger partial charge in [0.25, 0.3) is 0 Å². The SMILES string of the molecule is NC(=NO)c1ccc(OCc2ccc(I)cc2)c(Cl)c1. The maximum atomic E-state index is 8.61. The highest BCUT2D eigenvalue weighted by atomic mass is 127. The van der Waals surface area contributed by atoms with Gasteiger partial charge in [-0.3, -0.25) is 0 Å². The molecule has 0 radical (unpaired) electrons. The number of halogens is 2. The molecule has 0 unspecified atom stereocenters. The van der Waals surface area contributed by atoms with E-state index in [1.807, 2.05) is 24.3 Å². The smallest absolute Gasteiger partial charge is 0.170 e. The average molecular weight is 403 g/mol. The van der Waals surface area contributed by atoms with Crippen molar-refractivity contribution in [3.05, 3.63) is 62.2 Å². The van der Waals surface area contributed by atoms with Crippen molar-refractivity contribution in [1.82, 2.24) is 0 Å². The Bertz CT molecular complexity index is 630. The molecule has 0 spiro atoms. The summed E-state index contributed by atoms with van der Waals surface area (Å²) in [4.78, 5) is 0. The van der Waals surface area contributed by atoms with Crippen molar-refractivity contribution in [2.75, 3.05) is 0 Å². The van der Waals surface area contributed by atoms with Crippen LogP contribution in [0.2, 0.25) is 5.02 Å². The van der Waals surface area contributed by atoms with Gasteiger partial charge in [-0.25, -0.2) is 0 Å². The molecule has 3 N–H and O–H groups in total. The Kier molecular flexibility index (Phi) is 5.08. The molecule has 2 aromatic rings. The number of hydrogen-bond acceptors (Lipinski definition) is 3. The summed E-state index contributed by atoms with van der Waals surface area (Å²) < 4.78 is 6.83. The van der Waals surface area contributed by atoms with Crippen molar-refractivity contribution in [2.24, 2.45) is 10.9 Å². The van der Waals surface area contributed by atoms with Crippen molar-refractivity contribution in [1.29, 1.82) is 0 Å². The summed E-state index contributed by atoms with van der Waals surface area (Å²) in [6, 6.07) is 13.0. The third-order valence-electron chi connectivity index (χ3n) is 2.64. The van der Waals surface area contributed by atoms with E-state index in [0.29, 0.717) is 22.9 Å². The second-order valence-corrected chi connectivity index (χ2v) is 5.70. The summed E-state index contributed by atoms with van der Waals surface area (Å²) in [5, 5.41) is 12.0. The van der Waals surface area contributed by atoms with Crippen molar-refractivity contribution < 1.29 is 9.94 Å². The molecular weight excluding hydrogens is 391 g/mol. The molecule has 0 aliphatic carbocycles. The molecule has 0 fully saturated rings. The van der Waals surface area contributed by atoms with E-state index in [4.69, 9.17) is 27.3 Å². The van der Waals surface area contributed by atoms with E-state index < -0.39 is 0 Å². The van der Waals surface area contributed by atoms with Crippen LogP contribution in [0.15, 0.2) is 47.6 Å². The summed E-state index contributed by atoms with van der Waals surface area (Å²) in [6.45, 7) is 0.430. The molecule has 0 bridgehead atoms. The number of benzene rings is 2. The average Bonchev–Trinajstić information content (AvgIpc) is 2.46. The lowest BCUT2D eigenvalue weighted by Crippen LogP contribution is -2.12. The zero-order valence-electron chi connectivity index (χ0n) is 10.4. The predicted octanol–water partition coefficient (Wildman–Crippen LogP) is 3.62. The van der Waals surface area contributed by atoms with Gasteiger partial charge in [-0.1, -0.05) is 28.9 Å². The third kappa shape index (κ3) is 3.77. The van der Waals surface area contributed by atoms with Crippen LogP contribution >= 0.6 is 34.2 Å². The molecule has 0 amide bonds. The van der Waals surface area contributed by atoms with Gasteiger partial charge in [0, 0.05) is 9.13 Å². The lowest BCUT2D eigenvalue weighted by Gasteiger charge is -2.09. The van der Waals surface area contributed by atoms with E-state index in [0.717, 1.165) is 5.56 Å². The van der Waals surface area contributed by atoms with Crippen LogP contribution in [-0.4, -0.2) is 11.0 Å². The zero-order valence-corrected chi connectivity index (χ0v) is 13.3. The number of oxime groups is 1. The number of hydrogen-bond donors (Lipinski definition) is 2. The lowest BCUT2D eigenvalue weighted by molar-refractivity contribution is 0.306. The molecule has 0 atom stereocenters. The van der Waals surface area contributed by atoms with Crippen LogP contribution in [0.3, 0.4) is 0 Å². The quantitative estimate of drug-likeness (QED) is 0.270. The Morgan fingerprint density at radius 1 is 1.25 bits per heavy atom.